The molecule has 43 heavy (non-hydrogen) atoms. The normalized spacial score (nSPS) is 18.5. The topological polar surface area (TPSA) is 126 Å². The fraction of sp³-hybridized carbons (Fsp3) is 0.393. The summed E-state index contributed by atoms with van der Waals surface area (Å²) in [6, 6.07) is 8.42. The molecule has 1 saturated carbocycles. The number of carbonyl (C=O) groups is 1. The molecule has 0 spiro atoms. The van der Waals surface area contributed by atoms with Gasteiger partial charge in [0.15, 0.2) is 8.69 Å². The summed E-state index contributed by atoms with van der Waals surface area (Å²) >= 11 is 0. The Labute approximate surface area is 253 Å². The number of methoxy groups -OCH3 is 1. The van der Waals surface area contributed by atoms with Gasteiger partial charge in [0.1, 0.15) is 17.1 Å². The van der Waals surface area contributed by atoms with Gasteiger partial charge in [0.05, 0.1) is 36.8 Å². The average molecular weight is 642 g/mol. The van der Waals surface area contributed by atoms with Crippen molar-refractivity contribution in [2.75, 3.05) is 24.8 Å². The lowest BCUT2D eigenvalue weighted by atomic mass is 9.80. The van der Waals surface area contributed by atoms with Crippen LogP contribution in [0.4, 0.5) is 36.3 Å². The Balaban J connectivity index is 0.00000423. The number of fused-ring (bicyclic) bond motifs is 1. The third kappa shape index (κ3) is 7.06. The molecule has 3 N–H and O–H groups in total. The minimum atomic E-state index is -4.77. The summed E-state index contributed by atoms with van der Waals surface area (Å²) in [6.07, 6.45) is -1.55. The second-order valence-electron chi connectivity index (χ2n) is 10.4. The molecule has 1 atom stereocenters. The van der Waals surface area contributed by atoms with Crippen molar-refractivity contribution < 1.29 is 36.9 Å². The number of hydrogen-bond acceptors (Lipinski definition) is 9. The SMILES string of the molecule is COc1cc(CO[PH2]=O)ccc1Nc1ncc(C(F)(F)F)c(Nc2ccc([C@H]3CC[C@H](O)CC3)c3c2C(=O)N(C)C3)n1.Cl. The van der Waals surface area contributed by atoms with Gasteiger partial charge in [-0.1, -0.05) is 12.1 Å². The molecule has 1 aliphatic carbocycles. The molecule has 0 radical (unpaired) electrons. The van der Waals surface area contributed by atoms with Crippen molar-refractivity contribution in [2.45, 2.75) is 57.0 Å². The van der Waals surface area contributed by atoms with Crippen LogP contribution in [-0.4, -0.2) is 46.1 Å². The van der Waals surface area contributed by atoms with E-state index in [2.05, 4.69) is 20.6 Å². The zero-order valence-corrected chi connectivity index (χ0v) is 25.4. The lowest BCUT2D eigenvalue weighted by Gasteiger charge is -2.27. The third-order valence-electron chi connectivity index (χ3n) is 7.62. The van der Waals surface area contributed by atoms with Gasteiger partial charge in [-0.2, -0.15) is 18.2 Å². The summed E-state index contributed by atoms with van der Waals surface area (Å²) in [5.74, 6) is -0.425. The molecule has 2 heterocycles. The predicted octanol–water partition coefficient (Wildman–Crippen LogP) is 6.21. The van der Waals surface area contributed by atoms with Gasteiger partial charge in [0, 0.05) is 19.8 Å². The third-order valence-corrected chi connectivity index (χ3v) is 7.92. The molecule has 5 rings (SSSR count). The van der Waals surface area contributed by atoms with Crippen molar-refractivity contribution in [2.24, 2.45) is 0 Å². The number of nitrogens with zero attached hydrogens (tertiary/aromatic N) is 3. The molecular weight excluding hydrogens is 610 g/mol. The summed E-state index contributed by atoms with van der Waals surface area (Å²) in [4.78, 5) is 22.7. The Morgan fingerprint density at radius 3 is 2.51 bits per heavy atom. The van der Waals surface area contributed by atoms with E-state index in [4.69, 9.17) is 9.26 Å². The molecule has 15 heteroatoms. The standard InChI is InChI=1S/C28H31F3N5O5P.ClH/c1-36-13-19-18(16-4-6-17(37)7-5-16)8-10-22(24(19)26(36)38)33-25-20(28(29,30)31)12-32-27(35-25)34-21-9-3-15(14-41-42-39)11-23(21)40-2;/h3,8-12,16-17,37H,4-7,13-14,42H2,1-2H3,(H2,32,33,34,35);1H/t16-,17-;. The highest BCUT2D eigenvalue weighted by Gasteiger charge is 2.37. The van der Waals surface area contributed by atoms with E-state index >= 15 is 0 Å². The lowest BCUT2D eigenvalue weighted by molar-refractivity contribution is -0.137. The van der Waals surface area contributed by atoms with Crippen LogP contribution < -0.4 is 15.4 Å². The number of benzene rings is 2. The number of alkyl halides is 3. The second kappa shape index (κ2) is 13.5. The number of aliphatic hydroxyl groups excluding tert-OH is 1. The first-order valence-corrected chi connectivity index (χ1v) is 14.3. The fourth-order valence-corrected chi connectivity index (χ4v) is 5.76. The van der Waals surface area contributed by atoms with Gasteiger partial charge in [0.2, 0.25) is 5.95 Å². The molecule has 1 fully saturated rings. The lowest BCUT2D eigenvalue weighted by Crippen LogP contribution is -2.18. The molecule has 1 amide bonds. The van der Waals surface area contributed by atoms with Crippen molar-refractivity contribution >= 4 is 50.1 Å². The summed E-state index contributed by atoms with van der Waals surface area (Å²) < 4.78 is 63.2. The van der Waals surface area contributed by atoms with Crippen molar-refractivity contribution in [3.8, 4) is 5.75 Å². The first-order valence-electron chi connectivity index (χ1n) is 13.4. The molecule has 3 aromatic rings. The zero-order chi connectivity index (χ0) is 30.0. The van der Waals surface area contributed by atoms with Crippen LogP contribution in [0.5, 0.6) is 5.75 Å². The number of hydrogen-bond donors (Lipinski definition) is 3. The van der Waals surface area contributed by atoms with Crippen LogP contribution in [0.2, 0.25) is 0 Å². The number of amides is 1. The van der Waals surface area contributed by atoms with Crippen molar-refractivity contribution in [3.05, 3.63) is 64.3 Å². The quantitative estimate of drug-likeness (QED) is 0.234. The Bertz CT molecular complexity index is 1500. The maximum absolute atomic E-state index is 14.0. The maximum atomic E-state index is 14.0. The van der Waals surface area contributed by atoms with Gasteiger partial charge in [-0.05, 0) is 66.5 Å². The molecule has 232 valence electrons. The zero-order valence-electron chi connectivity index (χ0n) is 23.4. The first kappa shape index (κ1) is 32.5. The van der Waals surface area contributed by atoms with E-state index < -0.39 is 26.2 Å². The molecule has 10 nitrogen and oxygen atoms in total. The Morgan fingerprint density at radius 2 is 1.84 bits per heavy atom. The second-order valence-corrected chi connectivity index (χ2v) is 10.9. The molecular formula is C28H32ClF3N5O5P. The van der Waals surface area contributed by atoms with Crippen molar-refractivity contribution in [1.82, 2.24) is 14.9 Å². The van der Waals surface area contributed by atoms with Gasteiger partial charge < -0.3 is 29.9 Å². The van der Waals surface area contributed by atoms with Crippen molar-refractivity contribution in [1.29, 1.82) is 0 Å². The van der Waals surface area contributed by atoms with Crippen LogP contribution in [0.15, 0.2) is 36.5 Å². The van der Waals surface area contributed by atoms with Gasteiger partial charge in [-0.25, -0.2) is 4.98 Å². The summed E-state index contributed by atoms with van der Waals surface area (Å²) in [5.41, 5.74) is 2.29. The number of aliphatic hydroxyl groups is 1. The molecule has 1 aromatic heterocycles. The van der Waals surface area contributed by atoms with Crippen molar-refractivity contribution in [3.63, 3.8) is 0 Å². The average Bonchev–Trinajstić information content (AvgIpc) is 3.26. The summed E-state index contributed by atoms with van der Waals surface area (Å²) in [6.45, 7) is 0.456. The molecule has 2 aliphatic rings. The fourth-order valence-electron chi connectivity index (χ4n) is 5.50. The number of anilines is 4. The van der Waals surface area contributed by atoms with Crippen LogP contribution in [0.3, 0.4) is 0 Å². The molecule has 2 aromatic carbocycles. The summed E-state index contributed by atoms with van der Waals surface area (Å²) in [7, 11) is 1.71. The number of halogens is 4. The van der Waals surface area contributed by atoms with Crippen LogP contribution in [0, 0.1) is 0 Å². The first-order chi connectivity index (χ1) is 20.1. The van der Waals surface area contributed by atoms with E-state index in [-0.39, 0.29) is 48.6 Å². The predicted molar refractivity (Wildman–Crippen MR) is 158 cm³/mol. The molecule has 1 aliphatic heterocycles. The maximum Gasteiger partial charge on any atom is 0.421 e. The van der Waals surface area contributed by atoms with Gasteiger partial charge in [-0.3, -0.25) is 9.36 Å². The number of rotatable bonds is 9. The molecule has 1 unspecified atom stereocenters. The van der Waals surface area contributed by atoms with E-state index in [0.717, 1.165) is 24.0 Å². The van der Waals surface area contributed by atoms with E-state index in [1.165, 1.54) is 12.0 Å². The number of nitrogens with one attached hydrogen (secondary N) is 2. The highest BCUT2D eigenvalue weighted by atomic mass is 35.5. The number of aromatic nitrogens is 2. The smallest absolute Gasteiger partial charge is 0.421 e. The van der Waals surface area contributed by atoms with Gasteiger partial charge in [-0.15, -0.1) is 12.4 Å². The van der Waals surface area contributed by atoms with E-state index in [9.17, 15) is 27.6 Å². The van der Waals surface area contributed by atoms with Crippen LogP contribution in [0.25, 0.3) is 0 Å². The Hall–Kier alpha value is -3.38. The molecule has 0 saturated heterocycles. The highest BCUT2D eigenvalue weighted by molar-refractivity contribution is 7.17. The highest BCUT2D eigenvalue weighted by Crippen LogP contribution is 2.42. The summed E-state index contributed by atoms with van der Waals surface area (Å²) in [5, 5.41) is 15.6. The number of ether oxygens (including phenoxy) is 1. The van der Waals surface area contributed by atoms with Gasteiger partial charge >= 0.3 is 6.18 Å². The monoisotopic (exact) mass is 641 g/mol. The molecule has 0 bridgehead atoms. The van der Waals surface area contributed by atoms with E-state index in [0.29, 0.717) is 48.1 Å². The van der Waals surface area contributed by atoms with Crippen LogP contribution >= 0.6 is 21.1 Å². The van der Waals surface area contributed by atoms with Gasteiger partial charge in [0.25, 0.3) is 5.91 Å². The number of carbonyl (C=O) groups excluding carboxylic acids is 1. The Morgan fingerprint density at radius 1 is 1.12 bits per heavy atom. The minimum Gasteiger partial charge on any atom is -0.495 e. The van der Waals surface area contributed by atoms with E-state index in [1.807, 2.05) is 6.07 Å². The largest absolute Gasteiger partial charge is 0.495 e. The van der Waals surface area contributed by atoms with Crippen LogP contribution in [0.1, 0.15) is 64.2 Å². The van der Waals surface area contributed by atoms with E-state index in [1.54, 1.807) is 31.3 Å². The van der Waals surface area contributed by atoms with Crippen LogP contribution in [-0.2, 0) is 28.4 Å². The minimum absolute atomic E-state index is 0. The Kier molecular flexibility index (Phi) is 10.2.